The van der Waals surface area contributed by atoms with E-state index in [1.165, 1.54) is 29.0 Å². The maximum Gasteiger partial charge on any atom is 0.231 e. The van der Waals surface area contributed by atoms with E-state index in [1.54, 1.807) is 13.2 Å². The molecule has 0 unspecified atom stereocenters. The number of imidazole rings is 1. The van der Waals surface area contributed by atoms with Gasteiger partial charge in [-0.2, -0.15) is 0 Å². The zero-order valence-electron chi connectivity index (χ0n) is 8.45. The molecule has 1 aromatic heterocycles. The Labute approximate surface area is 96.5 Å². The first-order valence-electron chi connectivity index (χ1n) is 4.57. The summed E-state index contributed by atoms with van der Waals surface area (Å²) in [4.78, 5) is 15.8. The number of halogens is 2. The first kappa shape index (κ1) is 10.8. The Balaban J connectivity index is 2.50. The molecule has 2 rings (SSSR count). The minimum atomic E-state index is -0.711. The van der Waals surface area contributed by atoms with E-state index in [0.717, 1.165) is 0 Å². The van der Waals surface area contributed by atoms with Gasteiger partial charge in [0.25, 0.3) is 0 Å². The van der Waals surface area contributed by atoms with Crippen LogP contribution in [0.2, 0.25) is 5.02 Å². The third-order valence-electron chi connectivity index (χ3n) is 2.22. The van der Waals surface area contributed by atoms with Gasteiger partial charge >= 0.3 is 0 Å². The molecule has 0 aliphatic carbocycles. The molecule has 0 saturated heterocycles. The molecular formula is C11H8ClFN2O. The normalized spacial score (nSPS) is 10.4. The smallest absolute Gasteiger partial charge is 0.231 e. The van der Waals surface area contributed by atoms with Gasteiger partial charge in [-0.15, -0.1) is 0 Å². The van der Waals surface area contributed by atoms with Gasteiger partial charge in [-0.05, 0) is 12.1 Å². The van der Waals surface area contributed by atoms with Crippen LogP contribution >= 0.6 is 11.6 Å². The number of nitrogens with zero attached hydrogens (tertiary/aromatic N) is 2. The van der Waals surface area contributed by atoms with E-state index in [0.29, 0.717) is 0 Å². The fourth-order valence-corrected chi connectivity index (χ4v) is 1.56. The Hall–Kier alpha value is -1.68. The van der Waals surface area contributed by atoms with Crippen LogP contribution < -0.4 is 0 Å². The van der Waals surface area contributed by atoms with Crippen molar-refractivity contribution in [3.8, 4) is 0 Å². The van der Waals surface area contributed by atoms with Crippen LogP contribution in [0.25, 0.3) is 0 Å². The van der Waals surface area contributed by atoms with Crippen LogP contribution in [0.3, 0.4) is 0 Å². The van der Waals surface area contributed by atoms with E-state index in [9.17, 15) is 9.18 Å². The molecule has 0 amide bonds. The summed E-state index contributed by atoms with van der Waals surface area (Å²) in [6.07, 6.45) is 3.10. The second-order valence-electron chi connectivity index (χ2n) is 3.29. The molecule has 0 N–H and O–H groups in total. The van der Waals surface area contributed by atoms with E-state index in [2.05, 4.69) is 4.98 Å². The Morgan fingerprint density at radius 2 is 2.25 bits per heavy atom. The van der Waals surface area contributed by atoms with Crippen molar-refractivity contribution in [1.82, 2.24) is 9.55 Å². The molecule has 3 nitrogen and oxygen atoms in total. The standard InChI is InChI=1S/C11H8ClFN2O/c1-15-6-5-14-11(15)10(16)7-3-2-4-8(12)9(7)13/h2-6H,1H3. The molecule has 0 saturated carbocycles. The van der Waals surface area contributed by atoms with Crippen molar-refractivity contribution in [2.45, 2.75) is 0 Å². The third-order valence-corrected chi connectivity index (χ3v) is 2.51. The van der Waals surface area contributed by atoms with Gasteiger partial charge in [-0.3, -0.25) is 4.79 Å². The van der Waals surface area contributed by atoms with Gasteiger partial charge in [-0.1, -0.05) is 17.7 Å². The summed E-state index contributed by atoms with van der Waals surface area (Å²) >= 11 is 5.60. The maximum atomic E-state index is 13.6. The van der Waals surface area contributed by atoms with Gasteiger partial charge in [0.2, 0.25) is 5.78 Å². The Morgan fingerprint density at radius 1 is 1.50 bits per heavy atom. The Bertz CT molecular complexity index is 551. The molecule has 2 aromatic rings. The minimum Gasteiger partial charge on any atom is -0.331 e. The van der Waals surface area contributed by atoms with Crippen LogP contribution in [-0.4, -0.2) is 15.3 Å². The zero-order valence-corrected chi connectivity index (χ0v) is 9.20. The first-order valence-corrected chi connectivity index (χ1v) is 4.95. The lowest BCUT2D eigenvalue weighted by molar-refractivity contribution is 0.102. The topological polar surface area (TPSA) is 34.9 Å². The molecule has 16 heavy (non-hydrogen) atoms. The number of benzene rings is 1. The predicted octanol–water partition coefficient (Wildman–Crippen LogP) is 2.44. The monoisotopic (exact) mass is 238 g/mol. The quantitative estimate of drug-likeness (QED) is 0.754. The summed E-state index contributed by atoms with van der Waals surface area (Å²) in [5.74, 6) is -1.01. The van der Waals surface area contributed by atoms with Crippen molar-refractivity contribution in [2.24, 2.45) is 7.05 Å². The lowest BCUT2D eigenvalue weighted by atomic mass is 10.1. The number of aromatic nitrogens is 2. The summed E-state index contributed by atoms with van der Waals surface area (Å²) in [6.45, 7) is 0. The highest BCUT2D eigenvalue weighted by atomic mass is 35.5. The minimum absolute atomic E-state index is 0.0678. The van der Waals surface area contributed by atoms with Gasteiger partial charge in [0.1, 0.15) is 0 Å². The lowest BCUT2D eigenvalue weighted by Gasteiger charge is -2.03. The van der Waals surface area contributed by atoms with Crippen molar-refractivity contribution in [2.75, 3.05) is 0 Å². The average Bonchev–Trinajstić information content (AvgIpc) is 2.68. The van der Waals surface area contributed by atoms with Gasteiger partial charge in [0.15, 0.2) is 11.6 Å². The first-order chi connectivity index (χ1) is 7.61. The Kier molecular flexibility index (Phi) is 2.75. The number of rotatable bonds is 2. The lowest BCUT2D eigenvalue weighted by Crippen LogP contribution is -2.10. The zero-order chi connectivity index (χ0) is 11.7. The van der Waals surface area contributed by atoms with Crippen molar-refractivity contribution < 1.29 is 9.18 Å². The van der Waals surface area contributed by atoms with Crippen molar-refractivity contribution >= 4 is 17.4 Å². The van der Waals surface area contributed by atoms with Gasteiger partial charge in [0, 0.05) is 19.4 Å². The largest absolute Gasteiger partial charge is 0.331 e. The summed E-state index contributed by atoms with van der Waals surface area (Å²) in [5, 5.41) is -0.0694. The van der Waals surface area contributed by atoms with E-state index < -0.39 is 11.6 Å². The van der Waals surface area contributed by atoms with E-state index >= 15 is 0 Å². The second-order valence-corrected chi connectivity index (χ2v) is 3.70. The average molecular weight is 239 g/mol. The highest BCUT2D eigenvalue weighted by Gasteiger charge is 2.18. The van der Waals surface area contributed by atoms with E-state index in [1.807, 2.05) is 0 Å². The fraction of sp³-hybridized carbons (Fsp3) is 0.0909. The van der Waals surface area contributed by atoms with Crippen LogP contribution in [0.1, 0.15) is 16.2 Å². The second kappa shape index (κ2) is 4.06. The highest BCUT2D eigenvalue weighted by molar-refractivity contribution is 6.31. The van der Waals surface area contributed by atoms with Crippen molar-refractivity contribution in [3.05, 3.63) is 52.8 Å². The molecule has 0 radical (unpaired) electrons. The molecule has 0 atom stereocenters. The Morgan fingerprint density at radius 3 is 2.88 bits per heavy atom. The van der Waals surface area contributed by atoms with Crippen LogP contribution in [0.15, 0.2) is 30.6 Å². The summed E-state index contributed by atoms with van der Waals surface area (Å²) in [6, 6.07) is 4.31. The molecule has 82 valence electrons. The van der Waals surface area contributed by atoms with E-state index in [-0.39, 0.29) is 16.4 Å². The molecule has 0 spiro atoms. The van der Waals surface area contributed by atoms with Crippen LogP contribution in [-0.2, 0) is 7.05 Å². The van der Waals surface area contributed by atoms with Crippen molar-refractivity contribution in [3.63, 3.8) is 0 Å². The number of carbonyl (C=O) groups is 1. The predicted molar refractivity (Wildman–Crippen MR) is 58.1 cm³/mol. The van der Waals surface area contributed by atoms with Gasteiger partial charge < -0.3 is 4.57 Å². The highest BCUT2D eigenvalue weighted by Crippen LogP contribution is 2.19. The maximum absolute atomic E-state index is 13.6. The number of hydrogen-bond acceptors (Lipinski definition) is 2. The summed E-state index contributed by atoms with van der Waals surface area (Å²) in [7, 11) is 1.67. The van der Waals surface area contributed by atoms with E-state index in [4.69, 9.17) is 11.6 Å². The number of ketones is 1. The molecule has 1 heterocycles. The molecule has 0 aliphatic heterocycles. The molecule has 0 fully saturated rings. The molecule has 5 heteroatoms. The molecule has 1 aromatic carbocycles. The number of carbonyl (C=O) groups excluding carboxylic acids is 1. The van der Waals surface area contributed by atoms with Gasteiger partial charge in [0.05, 0.1) is 10.6 Å². The molecule has 0 bridgehead atoms. The SMILES string of the molecule is Cn1ccnc1C(=O)c1cccc(Cl)c1F. The molecular weight excluding hydrogens is 231 g/mol. The van der Waals surface area contributed by atoms with Crippen molar-refractivity contribution in [1.29, 1.82) is 0 Å². The summed E-state index contributed by atoms with van der Waals surface area (Å²) in [5.41, 5.74) is -0.0678. The van der Waals surface area contributed by atoms with Crippen LogP contribution in [0, 0.1) is 5.82 Å². The third kappa shape index (κ3) is 1.72. The van der Waals surface area contributed by atoms with Crippen LogP contribution in [0.5, 0.6) is 0 Å². The summed E-state index contributed by atoms with van der Waals surface area (Å²) < 4.78 is 15.1. The number of aryl methyl sites for hydroxylation is 1. The fourth-order valence-electron chi connectivity index (χ4n) is 1.38. The van der Waals surface area contributed by atoms with Crippen LogP contribution in [0.4, 0.5) is 4.39 Å². The van der Waals surface area contributed by atoms with Gasteiger partial charge in [-0.25, -0.2) is 9.37 Å². The molecule has 0 aliphatic rings. The number of hydrogen-bond donors (Lipinski definition) is 0.